The maximum atomic E-state index is 3.53. The minimum absolute atomic E-state index is 0.820. The molecule has 0 unspecified atom stereocenters. The SMILES string of the molecule is c1ccc(-c2ccc(NCCCNC3CC3)cc2)cc1. The molecule has 2 N–H and O–H groups in total. The Morgan fingerprint density at radius 3 is 2.20 bits per heavy atom. The van der Waals surface area contributed by atoms with Gasteiger partial charge in [-0.1, -0.05) is 42.5 Å². The molecule has 3 rings (SSSR count). The van der Waals surface area contributed by atoms with E-state index in [1.165, 1.54) is 36.1 Å². The number of benzene rings is 2. The molecule has 0 radical (unpaired) electrons. The van der Waals surface area contributed by atoms with E-state index in [9.17, 15) is 0 Å². The fourth-order valence-corrected chi connectivity index (χ4v) is 2.33. The molecule has 0 spiro atoms. The maximum absolute atomic E-state index is 3.53. The largest absolute Gasteiger partial charge is 0.385 e. The van der Waals surface area contributed by atoms with E-state index in [2.05, 4.69) is 65.2 Å². The quantitative estimate of drug-likeness (QED) is 0.743. The fourth-order valence-electron chi connectivity index (χ4n) is 2.33. The van der Waals surface area contributed by atoms with Crippen molar-refractivity contribution in [3.05, 3.63) is 54.6 Å². The minimum Gasteiger partial charge on any atom is -0.385 e. The molecule has 2 heteroatoms. The van der Waals surface area contributed by atoms with Crippen molar-refractivity contribution in [3.63, 3.8) is 0 Å². The predicted octanol–water partition coefficient (Wildman–Crippen LogP) is 3.91. The molecule has 0 aromatic heterocycles. The summed E-state index contributed by atoms with van der Waals surface area (Å²) in [6.45, 7) is 2.16. The summed E-state index contributed by atoms with van der Waals surface area (Å²) in [6.07, 6.45) is 3.92. The summed E-state index contributed by atoms with van der Waals surface area (Å²) in [5.74, 6) is 0. The van der Waals surface area contributed by atoms with Gasteiger partial charge in [-0.25, -0.2) is 0 Å². The normalized spacial score (nSPS) is 14.2. The molecule has 1 aliphatic carbocycles. The van der Waals surface area contributed by atoms with Crippen LogP contribution < -0.4 is 10.6 Å². The van der Waals surface area contributed by atoms with E-state index >= 15 is 0 Å². The molecular weight excluding hydrogens is 244 g/mol. The third kappa shape index (κ3) is 3.84. The molecule has 1 fully saturated rings. The van der Waals surface area contributed by atoms with E-state index in [4.69, 9.17) is 0 Å². The van der Waals surface area contributed by atoms with Gasteiger partial charge in [0.15, 0.2) is 0 Å². The first-order valence-corrected chi connectivity index (χ1v) is 7.54. The van der Waals surface area contributed by atoms with Crippen LogP contribution in [0.15, 0.2) is 54.6 Å². The lowest BCUT2D eigenvalue weighted by molar-refractivity contribution is 0.659. The first-order chi connectivity index (χ1) is 9.92. The van der Waals surface area contributed by atoms with Crippen molar-refractivity contribution in [1.29, 1.82) is 0 Å². The van der Waals surface area contributed by atoms with E-state index in [0.717, 1.165) is 19.1 Å². The van der Waals surface area contributed by atoms with Crippen LogP contribution in [0, 0.1) is 0 Å². The van der Waals surface area contributed by atoms with Crippen molar-refractivity contribution >= 4 is 5.69 Å². The summed E-state index contributed by atoms with van der Waals surface area (Å²) in [4.78, 5) is 0. The van der Waals surface area contributed by atoms with Gasteiger partial charge in [-0.05, 0) is 49.1 Å². The Morgan fingerprint density at radius 1 is 0.800 bits per heavy atom. The molecule has 0 bridgehead atoms. The summed E-state index contributed by atoms with van der Waals surface area (Å²) in [6, 6.07) is 20.0. The number of anilines is 1. The van der Waals surface area contributed by atoms with Crippen LogP contribution in [0.3, 0.4) is 0 Å². The number of hydrogen-bond acceptors (Lipinski definition) is 2. The molecule has 104 valence electrons. The average Bonchev–Trinajstić information content (AvgIpc) is 3.33. The zero-order chi connectivity index (χ0) is 13.6. The lowest BCUT2D eigenvalue weighted by Crippen LogP contribution is -2.19. The van der Waals surface area contributed by atoms with Crippen LogP contribution in [0.25, 0.3) is 11.1 Å². The highest BCUT2D eigenvalue weighted by Gasteiger charge is 2.19. The lowest BCUT2D eigenvalue weighted by Gasteiger charge is -2.08. The van der Waals surface area contributed by atoms with Crippen LogP contribution >= 0.6 is 0 Å². The van der Waals surface area contributed by atoms with Gasteiger partial charge in [0.2, 0.25) is 0 Å². The minimum atomic E-state index is 0.820. The van der Waals surface area contributed by atoms with Crippen LogP contribution in [-0.4, -0.2) is 19.1 Å². The van der Waals surface area contributed by atoms with Gasteiger partial charge in [0, 0.05) is 18.3 Å². The topological polar surface area (TPSA) is 24.1 Å². The molecule has 2 aromatic rings. The third-order valence-electron chi connectivity index (χ3n) is 3.69. The molecule has 0 saturated heterocycles. The Kier molecular flexibility index (Phi) is 4.34. The van der Waals surface area contributed by atoms with Gasteiger partial charge >= 0.3 is 0 Å². The Bertz CT molecular complexity index is 515. The van der Waals surface area contributed by atoms with Crippen molar-refractivity contribution in [3.8, 4) is 11.1 Å². The van der Waals surface area contributed by atoms with E-state index < -0.39 is 0 Å². The molecular formula is C18H22N2. The first-order valence-electron chi connectivity index (χ1n) is 7.54. The molecule has 1 saturated carbocycles. The van der Waals surface area contributed by atoms with Crippen LogP contribution in [0.4, 0.5) is 5.69 Å². The molecule has 1 aliphatic rings. The third-order valence-corrected chi connectivity index (χ3v) is 3.69. The highest BCUT2D eigenvalue weighted by atomic mass is 14.9. The first kappa shape index (κ1) is 13.2. The molecule has 0 heterocycles. The summed E-state index contributed by atoms with van der Waals surface area (Å²) in [7, 11) is 0. The van der Waals surface area contributed by atoms with Gasteiger partial charge in [0.05, 0.1) is 0 Å². The van der Waals surface area contributed by atoms with Gasteiger partial charge in [-0.3, -0.25) is 0 Å². The lowest BCUT2D eigenvalue weighted by atomic mass is 10.1. The summed E-state index contributed by atoms with van der Waals surface area (Å²) in [5, 5.41) is 7.01. The van der Waals surface area contributed by atoms with Crippen LogP contribution in [0.5, 0.6) is 0 Å². The Morgan fingerprint density at radius 2 is 1.50 bits per heavy atom. The second-order valence-electron chi connectivity index (χ2n) is 5.45. The van der Waals surface area contributed by atoms with E-state index in [1.54, 1.807) is 0 Å². The molecule has 2 aromatic carbocycles. The Labute approximate surface area is 121 Å². The van der Waals surface area contributed by atoms with E-state index in [-0.39, 0.29) is 0 Å². The zero-order valence-electron chi connectivity index (χ0n) is 11.8. The van der Waals surface area contributed by atoms with Crippen LogP contribution in [0.1, 0.15) is 19.3 Å². The zero-order valence-corrected chi connectivity index (χ0v) is 11.8. The van der Waals surface area contributed by atoms with Gasteiger partial charge < -0.3 is 10.6 Å². The van der Waals surface area contributed by atoms with Crippen LogP contribution in [0.2, 0.25) is 0 Å². The summed E-state index contributed by atoms with van der Waals surface area (Å²) >= 11 is 0. The van der Waals surface area contributed by atoms with Gasteiger partial charge in [0.25, 0.3) is 0 Å². The fraction of sp³-hybridized carbons (Fsp3) is 0.333. The smallest absolute Gasteiger partial charge is 0.0340 e. The van der Waals surface area contributed by atoms with E-state index in [0.29, 0.717) is 0 Å². The summed E-state index contributed by atoms with van der Waals surface area (Å²) in [5.41, 5.74) is 3.75. The van der Waals surface area contributed by atoms with Gasteiger partial charge in [-0.15, -0.1) is 0 Å². The Balaban J connectivity index is 1.46. The van der Waals surface area contributed by atoms with E-state index in [1.807, 2.05) is 0 Å². The molecule has 0 atom stereocenters. The molecule has 0 amide bonds. The highest BCUT2D eigenvalue weighted by Crippen LogP contribution is 2.21. The molecule has 2 nitrogen and oxygen atoms in total. The number of nitrogens with one attached hydrogen (secondary N) is 2. The molecule has 0 aliphatic heterocycles. The van der Waals surface area contributed by atoms with Gasteiger partial charge in [0.1, 0.15) is 0 Å². The van der Waals surface area contributed by atoms with Crippen LogP contribution in [-0.2, 0) is 0 Å². The summed E-state index contributed by atoms with van der Waals surface area (Å²) < 4.78 is 0. The highest BCUT2D eigenvalue weighted by molar-refractivity contribution is 5.65. The second kappa shape index (κ2) is 6.58. The monoisotopic (exact) mass is 266 g/mol. The Hall–Kier alpha value is -1.80. The standard InChI is InChI=1S/C18H22N2/c1-2-5-15(6-3-1)16-7-9-17(10-8-16)19-13-4-14-20-18-11-12-18/h1-3,5-10,18-20H,4,11-14H2. The van der Waals surface area contributed by atoms with Crippen molar-refractivity contribution in [1.82, 2.24) is 5.32 Å². The van der Waals surface area contributed by atoms with Crippen molar-refractivity contribution < 1.29 is 0 Å². The number of rotatable bonds is 7. The second-order valence-corrected chi connectivity index (χ2v) is 5.45. The average molecular weight is 266 g/mol. The van der Waals surface area contributed by atoms with Crippen molar-refractivity contribution in [2.45, 2.75) is 25.3 Å². The van der Waals surface area contributed by atoms with Crippen molar-refractivity contribution in [2.75, 3.05) is 18.4 Å². The van der Waals surface area contributed by atoms with Gasteiger partial charge in [-0.2, -0.15) is 0 Å². The maximum Gasteiger partial charge on any atom is 0.0340 e. The molecule has 20 heavy (non-hydrogen) atoms. The van der Waals surface area contributed by atoms with Crippen molar-refractivity contribution in [2.24, 2.45) is 0 Å². The predicted molar refractivity (Wildman–Crippen MR) is 86.0 cm³/mol. The number of hydrogen-bond donors (Lipinski definition) is 2.